The van der Waals surface area contributed by atoms with Gasteiger partial charge in [-0.15, -0.1) is 11.6 Å². The Morgan fingerprint density at radius 1 is 1.70 bits per heavy atom. The van der Waals surface area contributed by atoms with E-state index >= 15 is 0 Å². The highest BCUT2D eigenvalue weighted by Gasteiger charge is 2.30. The Balaban J connectivity index is 4.08. The smallest absolute Gasteiger partial charge is 0.310 e. The fraction of sp³-hybridized carbons (Fsp3) is 0.857. The largest absolute Gasteiger partial charge is 0.481 e. The van der Waals surface area contributed by atoms with Crippen LogP contribution >= 0.6 is 11.6 Å². The predicted octanol–water partition coefficient (Wildman–Crippen LogP) is 2.12. The Morgan fingerprint density at radius 3 is 2.30 bits per heavy atom. The topological polar surface area (TPSA) is 37.3 Å². The third kappa shape index (κ3) is 2.18. The van der Waals surface area contributed by atoms with Crippen LogP contribution in [0.4, 0.5) is 0 Å². The normalized spacial score (nSPS) is 16.3. The number of alkyl halides is 1. The van der Waals surface area contributed by atoms with Crippen molar-refractivity contribution in [2.75, 3.05) is 5.88 Å². The Hall–Kier alpha value is -0.240. The Labute approximate surface area is 66.2 Å². The standard InChI is InChI=1S/C7H13ClO2/c1-3-4-7(2,5-8)6(9)10/h3-5H2,1-2H3,(H,9,10). The molecule has 1 atom stereocenters. The summed E-state index contributed by atoms with van der Waals surface area (Å²) in [5.74, 6) is -0.611. The van der Waals surface area contributed by atoms with Gasteiger partial charge in [-0.2, -0.15) is 0 Å². The van der Waals surface area contributed by atoms with E-state index in [1.54, 1.807) is 6.92 Å². The van der Waals surface area contributed by atoms with Gasteiger partial charge in [-0.25, -0.2) is 0 Å². The number of hydrogen-bond donors (Lipinski definition) is 1. The van der Waals surface area contributed by atoms with Gasteiger partial charge in [0, 0.05) is 5.88 Å². The minimum atomic E-state index is -0.802. The molecule has 0 spiro atoms. The summed E-state index contributed by atoms with van der Waals surface area (Å²) < 4.78 is 0. The molecule has 0 amide bonds. The van der Waals surface area contributed by atoms with E-state index in [0.29, 0.717) is 6.42 Å². The molecule has 2 nitrogen and oxygen atoms in total. The number of aliphatic carboxylic acids is 1. The van der Waals surface area contributed by atoms with Gasteiger partial charge in [0.1, 0.15) is 0 Å². The van der Waals surface area contributed by atoms with E-state index in [0.717, 1.165) is 6.42 Å². The van der Waals surface area contributed by atoms with Crippen molar-refractivity contribution in [3.05, 3.63) is 0 Å². The molecule has 0 aliphatic rings. The van der Waals surface area contributed by atoms with Crippen molar-refractivity contribution in [1.82, 2.24) is 0 Å². The lowest BCUT2D eigenvalue weighted by Gasteiger charge is -2.20. The third-order valence-electron chi connectivity index (χ3n) is 1.61. The van der Waals surface area contributed by atoms with Crippen molar-refractivity contribution in [1.29, 1.82) is 0 Å². The molecule has 0 heterocycles. The van der Waals surface area contributed by atoms with E-state index < -0.39 is 11.4 Å². The van der Waals surface area contributed by atoms with Gasteiger partial charge >= 0.3 is 5.97 Å². The molecule has 1 N–H and O–H groups in total. The molecule has 0 saturated carbocycles. The number of carboxylic acid groups (broad SMARTS) is 1. The van der Waals surface area contributed by atoms with Crippen LogP contribution in [0.5, 0.6) is 0 Å². The summed E-state index contributed by atoms with van der Waals surface area (Å²) in [6.45, 7) is 3.62. The first-order valence-electron chi connectivity index (χ1n) is 3.36. The molecule has 0 bridgehead atoms. The number of carboxylic acids is 1. The maximum Gasteiger partial charge on any atom is 0.310 e. The van der Waals surface area contributed by atoms with Gasteiger partial charge in [-0.05, 0) is 13.3 Å². The second-order valence-corrected chi connectivity index (χ2v) is 3.02. The monoisotopic (exact) mass is 164 g/mol. The number of halogens is 1. The molecule has 0 radical (unpaired) electrons. The molecule has 0 aliphatic carbocycles. The maximum absolute atomic E-state index is 10.6. The average Bonchev–Trinajstić information content (AvgIpc) is 1.88. The summed E-state index contributed by atoms with van der Waals surface area (Å²) in [5.41, 5.74) is -0.726. The molecule has 0 aromatic rings. The van der Waals surface area contributed by atoms with Gasteiger partial charge in [0.05, 0.1) is 5.41 Å². The minimum absolute atomic E-state index is 0.191. The summed E-state index contributed by atoms with van der Waals surface area (Å²) in [6.07, 6.45) is 1.50. The summed E-state index contributed by atoms with van der Waals surface area (Å²) in [6, 6.07) is 0. The molecule has 60 valence electrons. The average molecular weight is 165 g/mol. The lowest BCUT2D eigenvalue weighted by atomic mass is 9.88. The third-order valence-corrected chi connectivity index (χ3v) is 2.20. The van der Waals surface area contributed by atoms with Crippen LogP contribution in [0.2, 0.25) is 0 Å². The highest BCUT2D eigenvalue weighted by atomic mass is 35.5. The summed E-state index contributed by atoms with van der Waals surface area (Å²) in [4.78, 5) is 10.6. The summed E-state index contributed by atoms with van der Waals surface area (Å²) in [5, 5.41) is 8.68. The van der Waals surface area contributed by atoms with E-state index in [-0.39, 0.29) is 5.88 Å². The Kier molecular flexibility index (Phi) is 3.72. The fourth-order valence-electron chi connectivity index (χ4n) is 0.783. The molecule has 0 aromatic carbocycles. The molecule has 0 rings (SSSR count). The van der Waals surface area contributed by atoms with Crippen LogP contribution in [0.3, 0.4) is 0 Å². The number of rotatable bonds is 4. The molecule has 0 aromatic heterocycles. The molecule has 0 aliphatic heterocycles. The maximum atomic E-state index is 10.6. The quantitative estimate of drug-likeness (QED) is 0.647. The second-order valence-electron chi connectivity index (χ2n) is 2.75. The molecule has 3 heteroatoms. The first kappa shape index (κ1) is 9.76. The van der Waals surface area contributed by atoms with Crippen molar-refractivity contribution < 1.29 is 9.90 Å². The van der Waals surface area contributed by atoms with Crippen LogP contribution < -0.4 is 0 Å². The van der Waals surface area contributed by atoms with Crippen LogP contribution in [0.1, 0.15) is 26.7 Å². The first-order chi connectivity index (χ1) is 4.56. The molecule has 10 heavy (non-hydrogen) atoms. The number of hydrogen-bond acceptors (Lipinski definition) is 1. The van der Waals surface area contributed by atoms with Crippen molar-refractivity contribution in [2.24, 2.45) is 5.41 Å². The van der Waals surface area contributed by atoms with Crippen molar-refractivity contribution in [2.45, 2.75) is 26.7 Å². The van der Waals surface area contributed by atoms with Crippen molar-refractivity contribution in [3.8, 4) is 0 Å². The van der Waals surface area contributed by atoms with Gasteiger partial charge in [0.15, 0.2) is 0 Å². The van der Waals surface area contributed by atoms with E-state index in [9.17, 15) is 4.79 Å². The number of carbonyl (C=O) groups is 1. The van der Waals surface area contributed by atoms with Crippen molar-refractivity contribution >= 4 is 17.6 Å². The lowest BCUT2D eigenvalue weighted by Crippen LogP contribution is -2.29. The zero-order valence-electron chi connectivity index (χ0n) is 6.35. The van der Waals surface area contributed by atoms with E-state index in [1.165, 1.54) is 0 Å². The summed E-state index contributed by atoms with van der Waals surface area (Å²) >= 11 is 5.50. The van der Waals surface area contributed by atoms with Crippen LogP contribution in [0.25, 0.3) is 0 Å². The van der Waals surface area contributed by atoms with Gasteiger partial charge < -0.3 is 5.11 Å². The van der Waals surface area contributed by atoms with Crippen LogP contribution in [0.15, 0.2) is 0 Å². The van der Waals surface area contributed by atoms with E-state index in [2.05, 4.69) is 0 Å². The highest BCUT2D eigenvalue weighted by Crippen LogP contribution is 2.24. The van der Waals surface area contributed by atoms with Crippen molar-refractivity contribution in [3.63, 3.8) is 0 Å². The fourth-order valence-corrected chi connectivity index (χ4v) is 1.03. The van der Waals surface area contributed by atoms with Gasteiger partial charge in [0.25, 0.3) is 0 Å². The highest BCUT2D eigenvalue weighted by molar-refractivity contribution is 6.19. The second kappa shape index (κ2) is 3.81. The van der Waals surface area contributed by atoms with Crippen LogP contribution in [-0.2, 0) is 4.79 Å². The van der Waals surface area contributed by atoms with E-state index in [1.807, 2.05) is 6.92 Å². The minimum Gasteiger partial charge on any atom is -0.481 e. The lowest BCUT2D eigenvalue weighted by molar-refractivity contribution is -0.147. The molecular weight excluding hydrogens is 152 g/mol. The Morgan fingerprint density at radius 2 is 2.20 bits per heavy atom. The zero-order valence-corrected chi connectivity index (χ0v) is 7.11. The molecule has 0 fully saturated rings. The van der Waals surface area contributed by atoms with Gasteiger partial charge in [-0.1, -0.05) is 13.3 Å². The first-order valence-corrected chi connectivity index (χ1v) is 3.89. The molecular formula is C7H13ClO2. The Bertz CT molecular complexity index is 125. The van der Waals surface area contributed by atoms with Gasteiger partial charge in [0.2, 0.25) is 0 Å². The van der Waals surface area contributed by atoms with E-state index in [4.69, 9.17) is 16.7 Å². The van der Waals surface area contributed by atoms with Gasteiger partial charge in [-0.3, -0.25) is 4.79 Å². The SMILES string of the molecule is CCCC(C)(CCl)C(=O)O. The van der Waals surface area contributed by atoms with Crippen LogP contribution in [-0.4, -0.2) is 17.0 Å². The zero-order chi connectivity index (χ0) is 8.20. The molecule has 1 unspecified atom stereocenters. The predicted molar refractivity (Wildman–Crippen MR) is 41.4 cm³/mol. The molecule has 0 saturated heterocycles. The summed E-state index contributed by atoms with van der Waals surface area (Å²) in [7, 11) is 0. The van der Waals surface area contributed by atoms with Crippen LogP contribution in [0, 0.1) is 5.41 Å².